The molecule has 1 heterocycles. The molecule has 2 N–H and O–H groups in total. The molecule has 0 saturated heterocycles. The zero-order valence-electron chi connectivity index (χ0n) is 13.3. The molecule has 1 atom stereocenters. The third-order valence-electron chi connectivity index (χ3n) is 4.00. The number of hydrogen-bond acceptors (Lipinski definition) is 4. The van der Waals surface area contributed by atoms with Gasteiger partial charge in [0.25, 0.3) is 0 Å². The number of aliphatic imine (C=N–C) groups is 1. The molecule has 6 nitrogen and oxygen atoms in total. The second-order valence-electron chi connectivity index (χ2n) is 5.62. The summed E-state index contributed by atoms with van der Waals surface area (Å²) in [5.41, 5.74) is 17.7. The van der Waals surface area contributed by atoms with E-state index < -0.39 is 0 Å². The van der Waals surface area contributed by atoms with E-state index in [2.05, 4.69) is 21.1 Å². The Morgan fingerprint density at radius 3 is 2.79 bits per heavy atom. The van der Waals surface area contributed by atoms with Crippen molar-refractivity contribution in [2.75, 3.05) is 13.2 Å². The standard InChI is InChI=1S/C18H19N5O/c19-18-16-5-2-1-4-14(16)12-17(22-18)13-6-8-15(9-7-13)24-11-3-10-21-23-20/h1-2,4-9,17H,3,10-12H2,(H2,19,22). The Kier molecular flexibility index (Phi) is 4.99. The van der Waals surface area contributed by atoms with Crippen LogP contribution in [0.4, 0.5) is 0 Å². The second-order valence-corrected chi connectivity index (χ2v) is 5.62. The van der Waals surface area contributed by atoms with Crippen molar-refractivity contribution < 1.29 is 4.74 Å². The minimum Gasteiger partial charge on any atom is -0.494 e. The number of ether oxygens (including phenoxy) is 1. The van der Waals surface area contributed by atoms with Gasteiger partial charge in [0.05, 0.1) is 12.6 Å². The lowest BCUT2D eigenvalue weighted by atomic mass is 9.92. The van der Waals surface area contributed by atoms with Gasteiger partial charge in [-0.05, 0) is 41.6 Å². The Morgan fingerprint density at radius 2 is 2.00 bits per heavy atom. The summed E-state index contributed by atoms with van der Waals surface area (Å²) in [6, 6.07) is 16.1. The maximum absolute atomic E-state index is 8.21. The number of azide groups is 1. The molecule has 6 heteroatoms. The lowest BCUT2D eigenvalue weighted by Crippen LogP contribution is -2.22. The van der Waals surface area contributed by atoms with Crippen LogP contribution in [0.5, 0.6) is 5.75 Å². The molecular formula is C18H19N5O. The minimum absolute atomic E-state index is 0.0407. The summed E-state index contributed by atoms with van der Waals surface area (Å²) in [6.45, 7) is 0.977. The fourth-order valence-corrected chi connectivity index (χ4v) is 2.79. The predicted molar refractivity (Wildman–Crippen MR) is 94.2 cm³/mol. The average Bonchev–Trinajstić information content (AvgIpc) is 2.62. The van der Waals surface area contributed by atoms with Crippen molar-refractivity contribution in [1.82, 2.24) is 0 Å². The Labute approximate surface area is 140 Å². The zero-order chi connectivity index (χ0) is 16.8. The number of nitrogens with zero attached hydrogens (tertiary/aromatic N) is 4. The topological polar surface area (TPSA) is 96.4 Å². The first-order valence-electron chi connectivity index (χ1n) is 7.93. The van der Waals surface area contributed by atoms with Crippen LogP contribution in [0.25, 0.3) is 10.4 Å². The third kappa shape index (κ3) is 3.67. The van der Waals surface area contributed by atoms with Gasteiger partial charge in [0, 0.05) is 17.0 Å². The summed E-state index contributed by atoms with van der Waals surface area (Å²) in [5, 5.41) is 3.48. The van der Waals surface area contributed by atoms with Gasteiger partial charge >= 0.3 is 0 Å². The Balaban J connectivity index is 1.64. The summed E-state index contributed by atoms with van der Waals surface area (Å²) in [4.78, 5) is 7.34. The molecule has 0 bridgehead atoms. The molecule has 1 aliphatic heterocycles. The molecule has 0 fully saturated rings. The molecule has 0 radical (unpaired) electrons. The highest BCUT2D eigenvalue weighted by atomic mass is 16.5. The van der Waals surface area contributed by atoms with Crippen LogP contribution in [0, 0.1) is 0 Å². The van der Waals surface area contributed by atoms with Crippen molar-refractivity contribution in [2.24, 2.45) is 15.8 Å². The molecule has 1 unspecified atom stereocenters. The molecule has 2 aromatic carbocycles. The van der Waals surface area contributed by atoms with E-state index in [4.69, 9.17) is 16.0 Å². The van der Waals surface area contributed by atoms with Gasteiger partial charge in [0.2, 0.25) is 0 Å². The van der Waals surface area contributed by atoms with Crippen LogP contribution < -0.4 is 10.5 Å². The molecule has 2 aromatic rings. The maximum atomic E-state index is 8.21. The van der Waals surface area contributed by atoms with Crippen molar-refractivity contribution in [3.05, 3.63) is 75.7 Å². The fraction of sp³-hybridized carbons (Fsp3) is 0.278. The first-order chi connectivity index (χ1) is 11.8. The summed E-state index contributed by atoms with van der Waals surface area (Å²) in [5.74, 6) is 1.40. The van der Waals surface area contributed by atoms with Crippen LogP contribution >= 0.6 is 0 Å². The van der Waals surface area contributed by atoms with Crippen molar-refractivity contribution in [1.29, 1.82) is 0 Å². The number of rotatable bonds is 6. The second kappa shape index (κ2) is 7.53. The smallest absolute Gasteiger partial charge is 0.126 e. The third-order valence-corrected chi connectivity index (χ3v) is 4.00. The first kappa shape index (κ1) is 15.9. The largest absolute Gasteiger partial charge is 0.494 e. The van der Waals surface area contributed by atoms with Gasteiger partial charge in [-0.1, -0.05) is 41.5 Å². The van der Waals surface area contributed by atoms with Crippen LogP contribution in [-0.4, -0.2) is 19.0 Å². The highest BCUT2D eigenvalue weighted by Gasteiger charge is 2.20. The van der Waals surface area contributed by atoms with Crippen molar-refractivity contribution in [2.45, 2.75) is 18.9 Å². The van der Waals surface area contributed by atoms with Gasteiger partial charge in [-0.3, -0.25) is 4.99 Å². The molecule has 0 aromatic heterocycles. The van der Waals surface area contributed by atoms with Gasteiger partial charge in [-0.2, -0.15) is 0 Å². The van der Waals surface area contributed by atoms with Crippen molar-refractivity contribution in [3.63, 3.8) is 0 Å². The van der Waals surface area contributed by atoms with Gasteiger partial charge in [-0.25, -0.2) is 0 Å². The predicted octanol–water partition coefficient (Wildman–Crippen LogP) is 3.77. The van der Waals surface area contributed by atoms with E-state index in [1.54, 1.807) is 0 Å². The van der Waals surface area contributed by atoms with Crippen LogP contribution in [0.2, 0.25) is 0 Å². The number of benzene rings is 2. The monoisotopic (exact) mass is 321 g/mol. The molecule has 24 heavy (non-hydrogen) atoms. The van der Waals surface area contributed by atoms with E-state index in [9.17, 15) is 0 Å². The molecule has 3 rings (SSSR count). The molecule has 0 spiro atoms. The van der Waals surface area contributed by atoms with E-state index in [0.717, 1.165) is 23.3 Å². The van der Waals surface area contributed by atoms with Crippen LogP contribution in [0.1, 0.15) is 29.2 Å². The molecule has 0 amide bonds. The molecule has 0 aliphatic carbocycles. The molecule has 1 aliphatic rings. The highest BCUT2D eigenvalue weighted by molar-refractivity contribution is 5.99. The van der Waals surface area contributed by atoms with Gasteiger partial charge in [0.1, 0.15) is 11.6 Å². The normalized spacial score (nSPS) is 15.8. The minimum atomic E-state index is 0.0407. The van der Waals surface area contributed by atoms with E-state index in [-0.39, 0.29) is 6.04 Å². The Bertz CT molecular complexity index is 778. The summed E-state index contributed by atoms with van der Waals surface area (Å²) in [6.07, 6.45) is 1.55. The molecule has 122 valence electrons. The Morgan fingerprint density at radius 1 is 1.21 bits per heavy atom. The van der Waals surface area contributed by atoms with Crippen LogP contribution in [-0.2, 0) is 6.42 Å². The first-order valence-corrected chi connectivity index (χ1v) is 7.93. The molecular weight excluding hydrogens is 302 g/mol. The Hall–Kier alpha value is -2.98. The number of fused-ring (bicyclic) bond motifs is 1. The highest BCUT2D eigenvalue weighted by Crippen LogP contribution is 2.29. The number of hydrogen-bond donors (Lipinski definition) is 1. The van der Waals surface area contributed by atoms with E-state index in [1.807, 2.05) is 42.5 Å². The van der Waals surface area contributed by atoms with Crippen molar-refractivity contribution >= 4 is 5.84 Å². The van der Waals surface area contributed by atoms with Crippen LogP contribution in [0.15, 0.2) is 58.6 Å². The van der Waals surface area contributed by atoms with Crippen LogP contribution in [0.3, 0.4) is 0 Å². The number of amidine groups is 1. The van der Waals surface area contributed by atoms with Gasteiger partial charge in [0.15, 0.2) is 0 Å². The zero-order valence-corrected chi connectivity index (χ0v) is 13.3. The maximum Gasteiger partial charge on any atom is 0.126 e. The van der Waals surface area contributed by atoms with E-state index in [1.165, 1.54) is 5.56 Å². The van der Waals surface area contributed by atoms with Crippen molar-refractivity contribution in [3.8, 4) is 5.75 Å². The summed E-state index contributed by atoms with van der Waals surface area (Å²) < 4.78 is 5.63. The quantitative estimate of drug-likeness (QED) is 0.379. The van der Waals surface area contributed by atoms with Gasteiger partial charge < -0.3 is 10.5 Å². The van der Waals surface area contributed by atoms with E-state index in [0.29, 0.717) is 25.4 Å². The van der Waals surface area contributed by atoms with E-state index >= 15 is 0 Å². The lowest BCUT2D eigenvalue weighted by molar-refractivity contribution is 0.313. The lowest BCUT2D eigenvalue weighted by Gasteiger charge is -2.22. The fourth-order valence-electron chi connectivity index (χ4n) is 2.79. The summed E-state index contributed by atoms with van der Waals surface area (Å²) >= 11 is 0. The number of nitrogens with two attached hydrogens (primary N) is 1. The SMILES string of the molecule is [N-]=[N+]=NCCCOc1ccc(C2Cc3ccccc3C(N)=N2)cc1. The average molecular weight is 321 g/mol. The molecule has 0 saturated carbocycles. The summed E-state index contributed by atoms with van der Waals surface area (Å²) in [7, 11) is 0. The van der Waals surface area contributed by atoms with Gasteiger partial charge in [-0.15, -0.1) is 0 Å².